The fourth-order valence-electron chi connectivity index (χ4n) is 2.45. The van der Waals surface area contributed by atoms with Gasteiger partial charge < -0.3 is 4.90 Å². The lowest BCUT2D eigenvalue weighted by molar-refractivity contribution is -0.131. The smallest absolute Gasteiger partial charge is 0.243 e. The third-order valence-electron chi connectivity index (χ3n) is 4.04. The molecule has 0 atom stereocenters. The molecule has 0 aliphatic heterocycles. The van der Waals surface area contributed by atoms with Crippen LogP contribution in [-0.4, -0.2) is 43.7 Å². The number of amides is 1. The van der Waals surface area contributed by atoms with Crippen molar-refractivity contribution < 1.29 is 13.2 Å². The molecule has 0 saturated carbocycles. The van der Waals surface area contributed by atoms with Crippen LogP contribution in [-0.2, 0) is 21.4 Å². The molecule has 1 amide bonds. The Balaban J connectivity index is 2.08. The summed E-state index contributed by atoms with van der Waals surface area (Å²) in [5.41, 5.74) is 2.00. The van der Waals surface area contributed by atoms with Gasteiger partial charge in [-0.1, -0.05) is 48.0 Å². The van der Waals surface area contributed by atoms with E-state index in [-0.39, 0.29) is 17.3 Å². The molecule has 0 spiro atoms. The zero-order valence-corrected chi connectivity index (χ0v) is 15.7. The van der Waals surface area contributed by atoms with E-state index in [0.717, 1.165) is 15.4 Å². The highest BCUT2D eigenvalue weighted by atomic mass is 32.2. The second-order valence-corrected chi connectivity index (χ2v) is 8.01. The van der Waals surface area contributed by atoms with E-state index in [1.807, 2.05) is 44.2 Å². The minimum absolute atomic E-state index is 0.184. The summed E-state index contributed by atoms with van der Waals surface area (Å²) in [6.45, 7) is 4.58. The summed E-state index contributed by atoms with van der Waals surface area (Å²) in [5, 5.41) is 0. The normalized spacial score (nSPS) is 11.5. The van der Waals surface area contributed by atoms with E-state index in [1.165, 1.54) is 7.05 Å². The van der Waals surface area contributed by atoms with E-state index < -0.39 is 10.0 Å². The molecule has 2 rings (SSSR count). The summed E-state index contributed by atoms with van der Waals surface area (Å²) in [7, 11) is -2.25. The van der Waals surface area contributed by atoms with E-state index in [0.29, 0.717) is 13.1 Å². The molecule has 6 heteroatoms. The van der Waals surface area contributed by atoms with E-state index in [9.17, 15) is 13.2 Å². The van der Waals surface area contributed by atoms with Crippen molar-refractivity contribution in [3.63, 3.8) is 0 Å². The van der Waals surface area contributed by atoms with Crippen LogP contribution in [0.2, 0.25) is 0 Å². The number of hydrogen-bond acceptors (Lipinski definition) is 3. The predicted octanol–water partition coefficient (Wildman–Crippen LogP) is 2.66. The van der Waals surface area contributed by atoms with Crippen LogP contribution < -0.4 is 0 Å². The van der Waals surface area contributed by atoms with Gasteiger partial charge in [-0.2, -0.15) is 4.31 Å². The fourth-order valence-corrected chi connectivity index (χ4v) is 3.57. The topological polar surface area (TPSA) is 57.7 Å². The number of benzene rings is 2. The molecule has 2 aromatic carbocycles. The van der Waals surface area contributed by atoms with Gasteiger partial charge in [-0.15, -0.1) is 0 Å². The molecule has 134 valence electrons. The van der Waals surface area contributed by atoms with Gasteiger partial charge in [0.05, 0.1) is 11.4 Å². The molecule has 0 unspecified atom stereocenters. The first kappa shape index (κ1) is 19.1. The van der Waals surface area contributed by atoms with Gasteiger partial charge in [0.15, 0.2) is 0 Å². The van der Waals surface area contributed by atoms with E-state index in [1.54, 1.807) is 29.2 Å². The van der Waals surface area contributed by atoms with E-state index in [2.05, 4.69) is 0 Å². The molecule has 0 fully saturated rings. The summed E-state index contributed by atoms with van der Waals surface area (Å²) in [4.78, 5) is 14.4. The van der Waals surface area contributed by atoms with Crippen LogP contribution in [0.5, 0.6) is 0 Å². The molecule has 0 aliphatic rings. The standard InChI is InChI=1S/C19H24N2O3S/c1-4-21(14-17-8-6-5-7-9-17)19(22)15-20(3)25(23,24)18-12-10-16(2)11-13-18/h5-13H,4,14-15H2,1-3H3. The van der Waals surface area contributed by atoms with Gasteiger partial charge in [0, 0.05) is 20.1 Å². The Morgan fingerprint density at radius 2 is 1.60 bits per heavy atom. The Kier molecular flexibility index (Phi) is 6.33. The molecule has 0 aliphatic carbocycles. The van der Waals surface area contributed by atoms with Crippen LogP contribution in [0.25, 0.3) is 0 Å². The number of sulfonamides is 1. The Morgan fingerprint density at radius 1 is 1.00 bits per heavy atom. The van der Waals surface area contributed by atoms with Crippen LogP contribution in [0.1, 0.15) is 18.1 Å². The lowest BCUT2D eigenvalue weighted by atomic mass is 10.2. The van der Waals surface area contributed by atoms with Crippen molar-refractivity contribution in [3.8, 4) is 0 Å². The lowest BCUT2D eigenvalue weighted by Crippen LogP contribution is -2.40. The first-order valence-electron chi connectivity index (χ1n) is 8.19. The minimum atomic E-state index is -3.68. The molecule has 0 radical (unpaired) electrons. The number of likely N-dealkylation sites (N-methyl/N-ethyl adjacent to an activating group) is 2. The molecule has 2 aromatic rings. The number of nitrogens with zero attached hydrogens (tertiary/aromatic N) is 2. The highest BCUT2D eigenvalue weighted by molar-refractivity contribution is 7.89. The van der Waals surface area contributed by atoms with Gasteiger partial charge in [0.1, 0.15) is 0 Å². The van der Waals surface area contributed by atoms with Gasteiger partial charge in [-0.3, -0.25) is 4.79 Å². The Hall–Kier alpha value is -2.18. The van der Waals surface area contributed by atoms with Crippen LogP contribution >= 0.6 is 0 Å². The van der Waals surface area contributed by atoms with Crippen molar-refractivity contribution in [1.29, 1.82) is 0 Å². The maximum atomic E-state index is 12.6. The van der Waals surface area contributed by atoms with Gasteiger partial charge in [0.2, 0.25) is 15.9 Å². The molecular formula is C19H24N2O3S. The third-order valence-corrected chi connectivity index (χ3v) is 5.86. The highest BCUT2D eigenvalue weighted by Crippen LogP contribution is 2.15. The number of rotatable bonds is 7. The summed E-state index contributed by atoms with van der Waals surface area (Å²) in [6, 6.07) is 16.3. The number of hydrogen-bond donors (Lipinski definition) is 0. The second-order valence-electron chi connectivity index (χ2n) is 5.97. The molecule has 0 aromatic heterocycles. The fraction of sp³-hybridized carbons (Fsp3) is 0.316. The maximum Gasteiger partial charge on any atom is 0.243 e. The van der Waals surface area contributed by atoms with Crippen LogP contribution in [0, 0.1) is 6.92 Å². The van der Waals surface area contributed by atoms with E-state index >= 15 is 0 Å². The molecular weight excluding hydrogens is 336 g/mol. The molecule has 25 heavy (non-hydrogen) atoms. The summed E-state index contributed by atoms with van der Waals surface area (Å²) in [6.07, 6.45) is 0. The number of aryl methyl sites for hydroxylation is 1. The monoisotopic (exact) mass is 360 g/mol. The summed E-state index contributed by atoms with van der Waals surface area (Å²) >= 11 is 0. The Morgan fingerprint density at radius 3 is 2.16 bits per heavy atom. The molecule has 0 saturated heterocycles. The van der Waals surface area contributed by atoms with Gasteiger partial charge in [0.25, 0.3) is 0 Å². The van der Waals surface area contributed by atoms with Crippen molar-refractivity contribution in [1.82, 2.24) is 9.21 Å². The zero-order valence-electron chi connectivity index (χ0n) is 14.8. The zero-order chi connectivity index (χ0) is 18.4. The quantitative estimate of drug-likeness (QED) is 0.763. The van der Waals surface area contributed by atoms with E-state index in [4.69, 9.17) is 0 Å². The van der Waals surface area contributed by atoms with Gasteiger partial charge in [-0.05, 0) is 31.5 Å². The first-order chi connectivity index (χ1) is 11.8. The number of carbonyl (C=O) groups is 1. The molecule has 0 heterocycles. The molecule has 5 nitrogen and oxygen atoms in total. The average molecular weight is 360 g/mol. The van der Waals surface area contributed by atoms with Crippen molar-refractivity contribution in [2.45, 2.75) is 25.3 Å². The Bertz CT molecular complexity index is 802. The number of carbonyl (C=O) groups excluding carboxylic acids is 1. The van der Waals surface area contributed by atoms with Crippen molar-refractivity contribution in [3.05, 3.63) is 65.7 Å². The highest BCUT2D eigenvalue weighted by Gasteiger charge is 2.24. The summed E-state index contributed by atoms with van der Waals surface area (Å²) < 4.78 is 26.3. The van der Waals surface area contributed by atoms with Gasteiger partial charge >= 0.3 is 0 Å². The largest absolute Gasteiger partial charge is 0.338 e. The Labute approximate surface area is 149 Å². The van der Waals surface area contributed by atoms with Crippen LogP contribution in [0.4, 0.5) is 0 Å². The second kappa shape index (κ2) is 8.27. The van der Waals surface area contributed by atoms with Crippen LogP contribution in [0.3, 0.4) is 0 Å². The van der Waals surface area contributed by atoms with Crippen molar-refractivity contribution in [2.24, 2.45) is 0 Å². The van der Waals surface area contributed by atoms with Crippen molar-refractivity contribution in [2.75, 3.05) is 20.1 Å². The maximum absolute atomic E-state index is 12.6. The summed E-state index contributed by atoms with van der Waals surface area (Å²) in [5.74, 6) is -0.218. The molecule has 0 N–H and O–H groups in total. The predicted molar refractivity (Wildman–Crippen MR) is 98.5 cm³/mol. The van der Waals surface area contributed by atoms with Crippen molar-refractivity contribution >= 4 is 15.9 Å². The van der Waals surface area contributed by atoms with Crippen LogP contribution in [0.15, 0.2) is 59.5 Å². The average Bonchev–Trinajstić information content (AvgIpc) is 2.60. The van der Waals surface area contributed by atoms with Gasteiger partial charge in [-0.25, -0.2) is 8.42 Å². The lowest BCUT2D eigenvalue weighted by Gasteiger charge is -2.24. The SMILES string of the molecule is CCN(Cc1ccccc1)C(=O)CN(C)S(=O)(=O)c1ccc(C)cc1. The minimum Gasteiger partial charge on any atom is -0.338 e. The molecule has 0 bridgehead atoms. The third kappa shape index (κ3) is 4.90. The first-order valence-corrected chi connectivity index (χ1v) is 9.63.